The summed E-state index contributed by atoms with van der Waals surface area (Å²) < 4.78 is 0. The van der Waals surface area contributed by atoms with Gasteiger partial charge in [-0.25, -0.2) is 0 Å². The zero-order valence-electron chi connectivity index (χ0n) is 6.74. The fourth-order valence-electron chi connectivity index (χ4n) is 0.952. The van der Waals surface area contributed by atoms with Gasteiger partial charge < -0.3 is 10.8 Å². The first kappa shape index (κ1) is 10.7. The van der Waals surface area contributed by atoms with Crippen LogP contribution in [0.4, 0.5) is 0 Å². The highest BCUT2D eigenvalue weighted by Gasteiger charge is 2.14. The summed E-state index contributed by atoms with van der Waals surface area (Å²) in [5.74, 6) is -0.236. The molecule has 6 heteroatoms. The normalized spacial score (nSPS) is 12.9. The number of nitrogens with zero attached hydrogens (tertiary/aromatic N) is 2. The zero-order chi connectivity index (χ0) is 9.84. The first-order valence-electron chi connectivity index (χ1n) is 3.68. The Bertz CT molecular complexity index is 291. The molecule has 0 aliphatic rings. The number of hydrogen-bond donors (Lipinski definition) is 2. The molecule has 1 rings (SSSR count). The van der Waals surface area contributed by atoms with Gasteiger partial charge in [-0.1, -0.05) is 23.2 Å². The van der Waals surface area contributed by atoms with Gasteiger partial charge in [-0.15, -0.1) is 10.2 Å². The number of aliphatic hydroxyl groups is 1. The third-order valence-electron chi connectivity index (χ3n) is 1.69. The van der Waals surface area contributed by atoms with E-state index in [-0.39, 0.29) is 29.4 Å². The van der Waals surface area contributed by atoms with E-state index in [9.17, 15) is 0 Å². The van der Waals surface area contributed by atoms with Crippen molar-refractivity contribution in [2.24, 2.45) is 5.73 Å². The van der Waals surface area contributed by atoms with Gasteiger partial charge in [0, 0.05) is 18.0 Å². The van der Waals surface area contributed by atoms with Crippen LogP contribution in [0.3, 0.4) is 0 Å². The van der Waals surface area contributed by atoms with Crippen molar-refractivity contribution in [2.75, 3.05) is 13.2 Å². The SMILES string of the molecule is NCC(CO)c1cc(Cl)nnc1Cl. The van der Waals surface area contributed by atoms with Crippen LogP contribution < -0.4 is 5.73 Å². The molecule has 1 aromatic heterocycles. The topological polar surface area (TPSA) is 72.0 Å². The van der Waals surface area contributed by atoms with E-state index in [0.29, 0.717) is 5.56 Å². The van der Waals surface area contributed by atoms with E-state index in [1.54, 1.807) is 6.07 Å². The maximum Gasteiger partial charge on any atom is 0.155 e. The largest absolute Gasteiger partial charge is 0.396 e. The zero-order valence-corrected chi connectivity index (χ0v) is 8.26. The lowest BCUT2D eigenvalue weighted by Crippen LogP contribution is -2.17. The molecule has 0 spiro atoms. The molecular weight excluding hydrogens is 213 g/mol. The Morgan fingerprint density at radius 1 is 1.46 bits per heavy atom. The average Bonchev–Trinajstić information content (AvgIpc) is 2.13. The molecule has 1 unspecified atom stereocenters. The fourth-order valence-corrected chi connectivity index (χ4v) is 1.35. The molecule has 0 aromatic carbocycles. The second-order valence-corrected chi connectivity index (χ2v) is 3.27. The molecule has 72 valence electrons. The van der Waals surface area contributed by atoms with E-state index in [2.05, 4.69) is 10.2 Å². The Morgan fingerprint density at radius 3 is 2.69 bits per heavy atom. The molecule has 0 aliphatic heterocycles. The number of nitrogens with two attached hydrogens (primary N) is 1. The molecule has 4 nitrogen and oxygen atoms in total. The van der Waals surface area contributed by atoms with Crippen molar-refractivity contribution in [1.29, 1.82) is 0 Å². The smallest absolute Gasteiger partial charge is 0.155 e. The summed E-state index contributed by atoms with van der Waals surface area (Å²) >= 11 is 11.4. The van der Waals surface area contributed by atoms with Gasteiger partial charge in [0.05, 0.1) is 6.61 Å². The Balaban J connectivity index is 3.03. The first-order chi connectivity index (χ1) is 6.19. The molecule has 0 aliphatic carbocycles. The van der Waals surface area contributed by atoms with E-state index < -0.39 is 0 Å². The Morgan fingerprint density at radius 2 is 2.15 bits per heavy atom. The van der Waals surface area contributed by atoms with Crippen molar-refractivity contribution >= 4 is 23.2 Å². The van der Waals surface area contributed by atoms with Crippen LogP contribution in [0.2, 0.25) is 10.3 Å². The minimum atomic E-state index is -0.236. The summed E-state index contributed by atoms with van der Waals surface area (Å²) in [5, 5.41) is 16.6. The van der Waals surface area contributed by atoms with Crippen LogP contribution in [0.15, 0.2) is 6.07 Å². The monoisotopic (exact) mass is 221 g/mol. The molecule has 0 saturated carbocycles. The average molecular weight is 222 g/mol. The van der Waals surface area contributed by atoms with Crippen molar-refractivity contribution in [1.82, 2.24) is 10.2 Å². The van der Waals surface area contributed by atoms with Gasteiger partial charge in [-0.05, 0) is 6.07 Å². The van der Waals surface area contributed by atoms with Gasteiger partial charge in [0.15, 0.2) is 10.3 Å². The highest BCUT2D eigenvalue weighted by molar-refractivity contribution is 6.31. The van der Waals surface area contributed by atoms with Crippen molar-refractivity contribution in [3.05, 3.63) is 21.9 Å². The summed E-state index contributed by atoms with van der Waals surface area (Å²) in [6.07, 6.45) is 0. The number of halogens is 2. The number of aromatic nitrogens is 2. The number of rotatable bonds is 3. The van der Waals surface area contributed by atoms with Crippen LogP contribution in [0, 0.1) is 0 Å². The van der Waals surface area contributed by atoms with Gasteiger partial charge in [0.1, 0.15) is 0 Å². The van der Waals surface area contributed by atoms with E-state index in [1.807, 2.05) is 0 Å². The summed E-state index contributed by atoms with van der Waals surface area (Å²) in [6, 6.07) is 1.56. The molecule has 0 amide bonds. The molecule has 1 aromatic rings. The van der Waals surface area contributed by atoms with Crippen molar-refractivity contribution < 1.29 is 5.11 Å². The van der Waals surface area contributed by atoms with Crippen LogP contribution in [0.25, 0.3) is 0 Å². The summed E-state index contributed by atoms with van der Waals surface area (Å²) in [7, 11) is 0. The highest BCUT2D eigenvalue weighted by Crippen LogP contribution is 2.23. The second-order valence-electron chi connectivity index (χ2n) is 2.53. The van der Waals surface area contributed by atoms with Crippen molar-refractivity contribution in [3.63, 3.8) is 0 Å². The molecule has 0 saturated heterocycles. The Hall–Kier alpha value is -0.420. The quantitative estimate of drug-likeness (QED) is 0.793. The van der Waals surface area contributed by atoms with E-state index in [4.69, 9.17) is 34.0 Å². The molecule has 0 fully saturated rings. The first-order valence-corrected chi connectivity index (χ1v) is 4.44. The lowest BCUT2D eigenvalue weighted by molar-refractivity contribution is 0.267. The summed E-state index contributed by atoms with van der Waals surface area (Å²) in [4.78, 5) is 0. The third-order valence-corrected chi connectivity index (χ3v) is 2.17. The van der Waals surface area contributed by atoms with Gasteiger partial charge in [-0.2, -0.15) is 0 Å². The summed E-state index contributed by atoms with van der Waals surface area (Å²) in [6.45, 7) is 0.205. The minimum Gasteiger partial charge on any atom is -0.396 e. The maximum atomic E-state index is 8.96. The molecule has 1 atom stereocenters. The molecule has 0 bridgehead atoms. The van der Waals surface area contributed by atoms with E-state index >= 15 is 0 Å². The molecule has 1 heterocycles. The van der Waals surface area contributed by atoms with Crippen LogP contribution >= 0.6 is 23.2 Å². The third kappa shape index (κ3) is 2.51. The Labute approximate surface area is 85.7 Å². The molecule has 0 radical (unpaired) electrons. The summed E-state index contributed by atoms with van der Waals surface area (Å²) in [5.41, 5.74) is 6.06. The van der Waals surface area contributed by atoms with Crippen LogP contribution in [0.5, 0.6) is 0 Å². The Kier molecular flexibility index (Phi) is 3.87. The van der Waals surface area contributed by atoms with Crippen molar-refractivity contribution in [2.45, 2.75) is 5.92 Å². The van der Waals surface area contributed by atoms with Gasteiger partial charge in [0.2, 0.25) is 0 Å². The molecule has 3 N–H and O–H groups in total. The second kappa shape index (κ2) is 4.72. The standard InChI is InChI=1S/C7H9Cl2N3O/c8-6-1-5(4(2-10)3-13)7(9)12-11-6/h1,4,13H,2-3,10H2. The van der Waals surface area contributed by atoms with Gasteiger partial charge >= 0.3 is 0 Å². The van der Waals surface area contributed by atoms with Crippen LogP contribution in [-0.2, 0) is 0 Å². The lowest BCUT2D eigenvalue weighted by Gasteiger charge is -2.12. The van der Waals surface area contributed by atoms with Gasteiger partial charge in [0.25, 0.3) is 0 Å². The van der Waals surface area contributed by atoms with Crippen LogP contribution in [-0.4, -0.2) is 28.5 Å². The maximum absolute atomic E-state index is 8.96. The van der Waals surface area contributed by atoms with Crippen molar-refractivity contribution in [3.8, 4) is 0 Å². The van der Waals surface area contributed by atoms with Crippen LogP contribution in [0.1, 0.15) is 11.5 Å². The molecule has 13 heavy (non-hydrogen) atoms. The predicted octanol–water partition coefficient (Wildman–Crippen LogP) is 0.818. The lowest BCUT2D eigenvalue weighted by atomic mass is 10.0. The van der Waals surface area contributed by atoms with Gasteiger partial charge in [-0.3, -0.25) is 0 Å². The predicted molar refractivity (Wildman–Crippen MR) is 50.9 cm³/mol. The van der Waals surface area contributed by atoms with E-state index in [1.165, 1.54) is 0 Å². The minimum absolute atomic E-state index is 0.0851. The highest BCUT2D eigenvalue weighted by atomic mass is 35.5. The fraction of sp³-hybridized carbons (Fsp3) is 0.429. The molecular formula is C7H9Cl2N3O. The number of hydrogen-bond acceptors (Lipinski definition) is 4. The van der Waals surface area contributed by atoms with E-state index in [0.717, 1.165) is 0 Å². The number of aliphatic hydroxyl groups excluding tert-OH is 1.